The van der Waals surface area contributed by atoms with Crippen molar-refractivity contribution in [3.63, 3.8) is 0 Å². The maximum Gasteiger partial charge on any atom is 0.142 e. The molecule has 0 atom stereocenters. The van der Waals surface area contributed by atoms with Crippen LogP contribution in [0.4, 0.5) is 5.69 Å². The van der Waals surface area contributed by atoms with Crippen LogP contribution in [0.25, 0.3) is 6.08 Å². The van der Waals surface area contributed by atoms with Crippen molar-refractivity contribution in [3.8, 4) is 0 Å². The fourth-order valence-electron chi connectivity index (χ4n) is 1.98. The lowest BCUT2D eigenvalue weighted by atomic mass is 10.1. The summed E-state index contributed by atoms with van der Waals surface area (Å²) in [4.78, 5) is 12.5. The molecule has 1 aromatic carbocycles. The van der Waals surface area contributed by atoms with E-state index in [4.69, 9.17) is 0 Å². The van der Waals surface area contributed by atoms with E-state index in [9.17, 15) is 4.79 Å². The third-order valence-corrected chi connectivity index (χ3v) is 2.83. The van der Waals surface area contributed by atoms with Gasteiger partial charge in [-0.1, -0.05) is 44.2 Å². The van der Waals surface area contributed by atoms with Crippen LogP contribution >= 0.6 is 0 Å². The maximum absolute atomic E-state index is 10.1. The summed E-state index contributed by atoms with van der Waals surface area (Å²) in [6.07, 6.45) is 10.2. The minimum Gasteiger partial charge on any atom is -0.372 e. The number of allylic oxidation sites excluding steroid dienone is 3. The predicted octanol–water partition coefficient (Wildman–Crippen LogP) is 4.08. The van der Waals surface area contributed by atoms with Gasteiger partial charge < -0.3 is 4.90 Å². The summed E-state index contributed by atoms with van der Waals surface area (Å²) in [6, 6.07) is 8.54. The number of aldehydes is 1. The molecule has 0 heterocycles. The van der Waals surface area contributed by atoms with Crippen LogP contribution in [0.15, 0.2) is 42.5 Å². The lowest BCUT2D eigenvalue weighted by Gasteiger charge is -2.23. The minimum atomic E-state index is 0.779. The summed E-state index contributed by atoms with van der Waals surface area (Å²) in [5.41, 5.74) is 2.43. The first-order chi connectivity index (χ1) is 9.31. The third-order valence-electron chi connectivity index (χ3n) is 2.83. The zero-order chi connectivity index (χ0) is 13.9. The van der Waals surface area contributed by atoms with E-state index in [1.165, 1.54) is 11.8 Å². The Kier molecular flexibility index (Phi) is 7.33. The monoisotopic (exact) mass is 257 g/mol. The summed E-state index contributed by atoms with van der Waals surface area (Å²) in [6.45, 7) is 6.62. The average molecular weight is 257 g/mol. The quantitative estimate of drug-likeness (QED) is 0.397. The van der Waals surface area contributed by atoms with Crippen molar-refractivity contribution in [3.05, 3.63) is 48.1 Å². The SMILES string of the molecule is CCCN(CCC)c1ccc(C=CC=CC=O)cc1. The predicted molar refractivity (Wildman–Crippen MR) is 83.5 cm³/mol. The Hall–Kier alpha value is -1.83. The standard InChI is InChI=1S/C17H23NO/c1-3-13-18(14-4-2)17-11-9-16(10-12-17)8-6-5-7-15-19/h5-12,15H,3-4,13-14H2,1-2H3. The first kappa shape index (κ1) is 15.2. The summed E-state index contributed by atoms with van der Waals surface area (Å²) in [7, 11) is 0. The van der Waals surface area contributed by atoms with Gasteiger partial charge in [0.05, 0.1) is 0 Å². The number of anilines is 1. The Morgan fingerprint density at radius 2 is 1.58 bits per heavy atom. The lowest BCUT2D eigenvalue weighted by Crippen LogP contribution is -2.24. The Morgan fingerprint density at radius 1 is 0.947 bits per heavy atom. The highest BCUT2D eigenvalue weighted by atomic mass is 16.1. The number of nitrogens with zero attached hydrogens (tertiary/aromatic N) is 1. The highest BCUT2D eigenvalue weighted by molar-refractivity contribution is 5.66. The first-order valence-electron chi connectivity index (χ1n) is 6.95. The van der Waals surface area contributed by atoms with E-state index in [1.807, 2.05) is 12.2 Å². The largest absolute Gasteiger partial charge is 0.372 e. The van der Waals surface area contributed by atoms with E-state index in [1.54, 1.807) is 6.08 Å². The molecule has 0 fully saturated rings. The first-order valence-corrected chi connectivity index (χ1v) is 6.95. The maximum atomic E-state index is 10.1. The van der Waals surface area contributed by atoms with Crippen LogP contribution in [-0.4, -0.2) is 19.4 Å². The van der Waals surface area contributed by atoms with Crippen LogP contribution in [0.1, 0.15) is 32.3 Å². The van der Waals surface area contributed by atoms with Crippen molar-refractivity contribution in [1.29, 1.82) is 0 Å². The molecule has 0 saturated heterocycles. The number of carbonyl (C=O) groups is 1. The van der Waals surface area contributed by atoms with E-state index in [0.29, 0.717) is 0 Å². The summed E-state index contributed by atoms with van der Waals surface area (Å²) in [5, 5.41) is 0. The molecule has 0 saturated carbocycles. The topological polar surface area (TPSA) is 20.3 Å². The normalized spacial score (nSPS) is 11.3. The number of rotatable bonds is 8. The van der Waals surface area contributed by atoms with E-state index >= 15 is 0 Å². The van der Waals surface area contributed by atoms with E-state index in [-0.39, 0.29) is 0 Å². The van der Waals surface area contributed by atoms with Crippen LogP contribution in [-0.2, 0) is 4.79 Å². The third kappa shape index (κ3) is 5.56. The van der Waals surface area contributed by atoms with Crippen molar-refractivity contribution >= 4 is 18.0 Å². The zero-order valence-corrected chi connectivity index (χ0v) is 11.9. The van der Waals surface area contributed by atoms with Crippen LogP contribution in [0.3, 0.4) is 0 Å². The average Bonchev–Trinajstić information content (AvgIpc) is 2.44. The lowest BCUT2D eigenvalue weighted by molar-refractivity contribution is -0.104. The fourth-order valence-corrected chi connectivity index (χ4v) is 1.98. The van der Waals surface area contributed by atoms with E-state index < -0.39 is 0 Å². The van der Waals surface area contributed by atoms with Gasteiger partial charge in [0.1, 0.15) is 6.29 Å². The van der Waals surface area contributed by atoms with Crippen LogP contribution in [0.2, 0.25) is 0 Å². The van der Waals surface area contributed by atoms with Crippen LogP contribution < -0.4 is 4.90 Å². The number of hydrogen-bond donors (Lipinski definition) is 0. The van der Waals surface area contributed by atoms with E-state index in [0.717, 1.165) is 37.8 Å². The molecule has 1 aromatic rings. The van der Waals surface area contributed by atoms with Crippen LogP contribution in [0, 0.1) is 0 Å². The van der Waals surface area contributed by atoms with Gasteiger partial charge in [0.25, 0.3) is 0 Å². The summed E-state index contributed by atoms with van der Waals surface area (Å²) >= 11 is 0. The molecule has 1 rings (SSSR count). The van der Waals surface area contributed by atoms with Gasteiger partial charge in [-0.15, -0.1) is 0 Å². The minimum absolute atomic E-state index is 0.779. The molecule has 0 spiro atoms. The van der Waals surface area contributed by atoms with Crippen molar-refractivity contribution in [1.82, 2.24) is 0 Å². The van der Waals surface area contributed by atoms with Crippen LogP contribution in [0.5, 0.6) is 0 Å². The summed E-state index contributed by atoms with van der Waals surface area (Å²) in [5.74, 6) is 0. The van der Waals surface area contributed by atoms with Gasteiger partial charge in [-0.05, 0) is 36.6 Å². The Bertz CT molecular complexity index is 411. The van der Waals surface area contributed by atoms with E-state index in [2.05, 4.69) is 43.0 Å². The molecular formula is C17H23NO. The van der Waals surface area contributed by atoms with Gasteiger partial charge in [0.2, 0.25) is 0 Å². The Balaban J connectivity index is 2.70. The van der Waals surface area contributed by atoms with Crippen molar-refractivity contribution in [2.75, 3.05) is 18.0 Å². The second-order valence-corrected chi connectivity index (χ2v) is 4.46. The molecule has 0 aliphatic heterocycles. The highest BCUT2D eigenvalue weighted by Gasteiger charge is 2.03. The molecule has 0 bridgehead atoms. The molecular weight excluding hydrogens is 234 g/mol. The molecule has 0 radical (unpaired) electrons. The molecule has 19 heavy (non-hydrogen) atoms. The van der Waals surface area contributed by atoms with Gasteiger partial charge in [-0.3, -0.25) is 4.79 Å². The molecule has 2 nitrogen and oxygen atoms in total. The number of carbonyl (C=O) groups excluding carboxylic acids is 1. The zero-order valence-electron chi connectivity index (χ0n) is 11.9. The Morgan fingerprint density at radius 3 is 2.11 bits per heavy atom. The number of hydrogen-bond acceptors (Lipinski definition) is 2. The van der Waals surface area contributed by atoms with Gasteiger partial charge in [0, 0.05) is 18.8 Å². The molecule has 0 N–H and O–H groups in total. The van der Waals surface area contributed by atoms with Gasteiger partial charge >= 0.3 is 0 Å². The molecule has 0 unspecified atom stereocenters. The fraction of sp³-hybridized carbons (Fsp3) is 0.353. The second kappa shape index (κ2) is 9.15. The highest BCUT2D eigenvalue weighted by Crippen LogP contribution is 2.16. The molecule has 102 valence electrons. The van der Waals surface area contributed by atoms with Crippen molar-refractivity contribution < 1.29 is 4.79 Å². The molecule has 0 aromatic heterocycles. The number of benzene rings is 1. The van der Waals surface area contributed by atoms with Gasteiger partial charge in [0.15, 0.2) is 0 Å². The summed E-state index contributed by atoms with van der Waals surface area (Å²) < 4.78 is 0. The van der Waals surface area contributed by atoms with Gasteiger partial charge in [-0.25, -0.2) is 0 Å². The molecule has 2 heteroatoms. The molecule has 0 aliphatic carbocycles. The van der Waals surface area contributed by atoms with Gasteiger partial charge in [-0.2, -0.15) is 0 Å². The molecule has 0 amide bonds. The molecule has 0 aliphatic rings. The van der Waals surface area contributed by atoms with Crippen molar-refractivity contribution in [2.45, 2.75) is 26.7 Å². The van der Waals surface area contributed by atoms with Crippen molar-refractivity contribution in [2.24, 2.45) is 0 Å². The Labute approximate surface area is 116 Å². The second-order valence-electron chi connectivity index (χ2n) is 4.46. The smallest absolute Gasteiger partial charge is 0.142 e.